The van der Waals surface area contributed by atoms with Crippen LogP contribution in [0.2, 0.25) is 0 Å². The molecule has 9 heteroatoms. The van der Waals surface area contributed by atoms with E-state index in [0.29, 0.717) is 40.0 Å². The number of carbonyl (C=O) groups excluding carboxylic acids is 1. The summed E-state index contributed by atoms with van der Waals surface area (Å²) in [5.74, 6) is 1.74. The molecular formula is C30H29NO8. The van der Waals surface area contributed by atoms with Gasteiger partial charge in [-0.3, -0.25) is 9.79 Å². The molecule has 0 saturated heterocycles. The maximum Gasteiger partial charge on any atom is 0.314 e. The van der Waals surface area contributed by atoms with Crippen LogP contribution in [0.3, 0.4) is 0 Å². The van der Waals surface area contributed by atoms with Crippen molar-refractivity contribution in [3.8, 4) is 34.5 Å². The Balaban J connectivity index is 1.70. The molecule has 9 nitrogen and oxygen atoms in total. The monoisotopic (exact) mass is 531 g/mol. The molecule has 0 aromatic heterocycles. The second-order valence-corrected chi connectivity index (χ2v) is 8.87. The van der Waals surface area contributed by atoms with Gasteiger partial charge in [-0.15, -0.1) is 0 Å². The Kier molecular flexibility index (Phi) is 7.31. The average Bonchev–Trinajstić information content (AvgIpc) is 3.44. The molecule has 2 atom stereocenters. The number of benzene rings is 3. The molecule has 0 bridgehead atoms. The van der Waals surface area contributed by atoms with Crippen molar-refractivity contribution in [3.63, 3.8) is 0 Å². The van der Waals surface area contributed by atoms with Gasteiger partial charge in [0, 0.05) is 12.1 Å². The highest BCUT2D eigenvalue weighted by Crippen LogP contribution is 2.50. The van der Waals surface area contributed by atoms with E-state index in [2.05, 4.69) is 4.99 Å². The van der Waals surface area contributed by atoms with Gasteiger partial charge in [0.25, 0.3) is 0 Å². The molecule has 0 saturated carbocycles. The third-order valence-electron chi connectivity index (χ3n) is 6.86. The van der Waals surface area contributed by atoms with Crippen LogP contribution in [0.25, 0.3) is 6.08 Å². The van der Waals surface area contributed by atoms with Crippen LogP contribution in [0.1, 0.15) is 22.6 Å². The van der Waals surface area contributed by atoms with Crippen LogP contribution in [0.4, 0.5) is 5.69 Å². The number of fused-ring (bicyclic) bond motifs is 2. The number of methoxy groups -OCH3 is 5. The van der Waals surface area contributed by atoms with Gasteiger partial charge >= 0.3 is 5.97 Å². The molecular weight excluding hydrogens is 502 g/mol. The molecule has 0 N–H and O–H groups in total. The van der Waals surface area contributed by atoms with Crippen LogP contribution in [0, 0.1) is 5.92 Å². The SMILES string of the molecule is COC(=O)[C@@H]1C(C=Nc2ccc(OC)cc2)=Cc2cc3c(cc2[C@H]1c1cc(OC)c(OC)c(OC)c1)OCO3. The van der Waals surface area contributed by atoms with E-state index in [1.807, 2.05) is 54.6 Å². The van der Waals surface area contributed by atoms with Gasteiger partial charge in [-0.25, -0.2) is 0 Å². The summed E-state index contributed by atoms with van der Waals surface area (Å²) in [5.41, 5.74) is 3.88. The number of ether oxygens (including phenoxy) is 7. The fourth-order valence-electron chi connectivity index (χ4n) is 5.00. The Morgan fingerprint density at radius 3 is 2.13 bits per heavy atom. The predicted molar refractivity (Wildman–Crippen MR) is 145 cm³/mol. The number of aliphatic imine (C=N–C) groups is 1. The van der Waals surface area contributed by atoms with Gasteiger partial charge in [-0.2, -0.15) is 0 Å². The van der Waals surface area contributed by atoms with E-state index in [9.17, 15) is 4.79 Å². The van der Waals surface area contributed by atoms with Crippen molar-refractivity contribution in [3.05, 3.63) is 70.8 Å². The van der Waals surface area contributed by atoms with Gasteiger partial charge in [0.2, 0.25) is 12.5 Å². The Morgan fingerprint density at radius 1 is 0.872 bits per heavy atom. The minimum Gasteiger partial charge on any atom is -0.497 e. The molecule has 39 heavy (non-hydrogen) atoms. The van der Waals surface area contributed by atoms with E-state index >= 15 is 0 Å². The van der Waals surface area contributed by atoms with Crippen molar-refractivity contribution >= 4 is 23.9 Å². The van der Waals surface area contributed by atoms with Gasteiger partial charge in [-0.1, -0.05) is 0 Å². The summed E-state index contributed by atoms with van der Waals surface area (Å²) in [6.07, 6.45) is 3.63. The molecule has 0 fully saturated rings. The third kappa shape index (κ3) is 4.83. The van der Waals surface area contributed by atoms with Crippen molar-refractivity contribution in [2.45, 2.75) is 5.92 Å². The highest BCUT2D eigenvalue weighted by Gasteiger charge is 2.40. The van der Waals surface area contributed by atoms with Crippen LogP contribution < -0.4 is 28.4 Å². The molecule has 0 spiro atoms. The van der Waals surface area contributed by atoms with Crippen molar-refractivity contribution in [1.82, 2.24) is 0 Å². The topological polar surface area (TPSA) is 94.0 Å². The Labute approximate surface area is 226 Å². The predicted octanol–water partition coefficient (Wildman–Crippen LogP) is 5.17. The van der Waals surface area contributed by atoms with Gasteiger partial charge in [0.15, 0.2) is 23.0 Å². The average molecular weight is 532 g/mol. The van der Waals surface area contributed by atoms with E-state index < -0.39 is 17.8 Å². The largest absolute Gasteiger partial charge is 0.497 e. The first-order chi connectivity index (χ1) is 19.0. The zero-order valence-corrected chi connectivity index (χ0v) is 22.3. The molecule has 3 aromatic carbocycles. The number of esters is 1. The molecule has 1 aliphatic heterocycles. The summed E-state index contributed by atoms with van der Waals surface area (Å²) in [4.78, 5) is 18.1. The quantitative estimate of drug-likeness (QED) is 0.290. The Morgan fingerprint density at radius 2 is 1.54 bits per heavy atom. The fraction of sp³-hybridized carbons (Fsp3) is 0.267. The molecule has 202 valence electrons. The zero-order valence-electron chi connectivity index (χ0n) is 22.3. The van der Waals surface area contributed by atoms with Crippen molar-refractivity contribution in [2.24, 2.45) is 10.9 Å². The number of hydrogen-bond acceptors (Lipinski definition) is 9. The van der Waals surface area contributed by atoms with Crippen LogP contribution in [-0.4, -0.2) is 54.5 Å². The lowest BCUT2D eigenvalue weighted by molar-refractivity contribution is -0.144. The normalized spacial score (nSPS) is 17.3. The molecule has 1 heterocycles. The zero-order chi connectivity index (χ0) is 27.5. The maximum absolute atomic E-state index is 13.4. The molecule has 0 amide bonds. The van der Waals surface area contributed by atoms with Crippen molar-refractivity contribution < 1.29 is 38.0 Å². The molecule has 5 rings (SSSR count). The van der Waals surface area contributed by atoms with Gasteiger partial charge in [0.05, 0.1) is 47.2 Å². The Bertz CT molecular complexity index is 1420. The summed E-state index contributed by atoms with van der Waals surface area (Å²) in [6, 6.07) is 14.9. The molecule has 3 aromatic rings. The first kappa shape index (κ1) is 26.0. The van der Waals surface area contributed by atoms with Crippen molar-refractivity contribution in [2.75, 3.05) is 42.3 Å². The van der Waals surface area contributed by atoms with E-state index in [0.717, 1.165) is 22.4 Å². The maximum atomic E-state index is 13.4. The molecule has 2 aliphatic rings. The number of carbonyl (C=O) groups is 1. The van der Waals surface area contributed by atoms with Crippen LogP contribution in [0.15, 0.2) is 59.1 Å². The van der Waals surface area contributed by atoms with Crippen LogP contribution in [-0.2, 0) is 9.53 Å². The lowest BCUT2D eigenvalue weighted by Gasteiger charge is -2.32. The highest BCUT2D eigenvalue weighted by molar-refractivity contribution is 5.98. The number of rotatable bonds is 8. The fourth-order valence-corrected chi connectivity index (χ4v) is 5.00. The smallest absolute Gasteiger partial charge is 0.314 e. The van der Waals surface area contributed by atoms with Crippen LogP contribution >= 0.6 is 0 Å². The third-order valence-corrected chi connectivity index (χ3v) is 6.86. The second kappa shape index (κ2) is 11.0. The molecule has 1 aliphatic carbocycles. The first-order valence-electron chi connectivity index (χ1n) is 12.2. The number of nitrogens with zero attached hydrogens (tertiary/aromatic N) is 1. The van der Waals surface area contributed by atoms with Gasteiger partial charge < -0.3 is 33.2 Å². The number of hydrogen-bond donors (Lipinski definition) is 0. The summed E-state index contributed by atoms with van der Waals surface area (Å²) < 4.78 is 38.7. The summed E-state index contributed by atoms with van der Waals surface area (Å²) in [5, 5.41) is 0. The minimum atomic E-state index is -0.729. The van der Waals surface area contributed by atoms with Gasteiger partial charge in [0.1, 0.15) is 5.75 Å². The lowest BCUT2D eigenvalue weighted by Crippen LogP contribution is -2.30. The lowest BCUT2D eigenvalue weighted by atomic mass is 9.71. The second-order valence-electron chi connectivity index (χ2n) is 8.87. The van der Waals surface area contributed by atoms with E-state index in [1.54, 1.807) is 34.7 Å². The minimum absolute atomic E-state index is 0.128. The molecule has 0 radical (unpaired) electrons. The summed E-state index contributed by atoms with van der Waals surface area (Å²) in [7, 11) is 7.64. The first-order valence-corrected chi connectivity index (χ1v) is 12.2. The van der Waals surface area contributed by atoms with E-state index in [1.165, 1.54) is 7.11 Å². The van der Waals surface area contributed by atoms with Gasteiger partial charge in [-0.05, 0) is 76.9 Å². The van der Waals surface area contributed by atoms with Crippen LogP contribution in [0.5, 0.6) is 34.5 Å². The highest BCUT2D eigenvalue weighted by atomic mass is 16.7. The molecule has 0 unspecified atom stereocenters. The standard InChI is InChI=1S/C30H29NO8/c1-33-21-8-6-20(7-9-21)31-15-19-10-17-11-23-24(39-16-38-23)14-22(17)27(28(19)30(32)37-5)18-12-25(34-2)29(36-4)26(13-18)35-3/h6-15,27-28H,16H2,1-5H3/t27-,28-/m1/s1. The van der Waals surface area contributed by atoms with E-state index in [-0.39, 0.29) is 6.79 Å². The van der Waals surface area contributed by atoms with E-state index in [4.69, 9.17) is 33.2 Å². The summed E-state index contributed by atoms with van der Waals surface area (Å²) >= 11 is 0. The van der Waals surface area contributed by atoms with Crippen molar-refractivity contribution in [1.29, 1.82) is 0 Å². The summed E-state index contributed by atoms with van der Waals surface area (Å²) in [6.45, 7) is 0.128. The Hall–Kier alpha value is -4.66.